The maximum atomic E-state index is 14.1. The van der Waals surface area contributed by atoms with Crippen molar-refractivity contribution >= 4 is 11.1 Å². The van der Waals surface area contributed by atoms with Crippen molar-refractivity contribution in [2.75, 3.05) is 0 Å². The fourth-order valence-corrected chi connectivity index (χ4v) is 9.89. The minimum absolute atomic E-state index is 0.0826. The molecular formula is C30H39F4NO3. The van der Waals surface area contributed by atoms with Gasteiger partial charge in [-0.1, -0.05) is 20.8 Å². The Kier molecular flexibility index (Phi) is 6.42. The zero-order chi connectivity index (χ0) is 27.1. The van der Waals surface area contributed by atoms with E-state index < -0.39 is 34.4 Å². The van der Waals surface area contributed by atoms with E-state index in [4.69, 9.17) is 4.42 Å². The standard InChI is InChI=1S/C30H39F4NO3/c1-14(4-7-21-35-27-25(33)23(31)24(32)26(34)28(27)38-21)17-5-6-18-22-19(9-11-30(17,18)3)29(2)10-8-16(36)12-15(29)13-20(22)37/h14-20,22,36-37H,4-13H2,1-3H3/t14?,15-,16+,17+,18-,19-,20-,22-,29-,30+/m0/s1. The minimum Gasteiger partial charge on any atom is -0.437 e. The molecule has 1 aromatic heterocycles. The molecule has 4 aliphatic carbocycles. The Hall–Kier alpha value is -1.67. The van der Waals surface area contributed by atoms with E-state index in [1.54, 1.807) is 0 Å². The van der Waals surface area contributed by atoms with Gasteiger partial charge in [-0.2, -0.15) is 4.39 Å². The summed E-state index contributed by atoms with van der Waals surface area (Å²) >= 11 is 0. The highest BCUT2D eigenvalue weighted by molar-refractivity contribution is 5.74. The van der Waals surface area contributed by atoms with Crippen LogP contribution in [0.2, 0.25) is 0 Å². The topological polar surface area (TPSA) is 66.5 Å². The van der Waals surface area contributed by atoms with E-state index >= 15 is 0 Å². The number of rotatable bonds is 4. The number of aromatic nitrogens is 1. The number of aryl methyl sites for hydroxylation is 1. The average molecular weight is 538 g/mol. The third-order valence-electron chi connectivity index (χ3n) is 11.9. The Morgan fingerprint density at radius 2 is 1.58 bits per heavy atom. The fourth-order valence-electron chi connectivity index (χ4n) is 9.89. The van der Waals surface area contributed by atoms with Crippen molar-refractivity contribution < 1.29 is 32.2 Å². The molecule has 2 N–H and O–H groups in total. The van der Waals surface area contributed by atoms with Crippen LogP contribution in [0.5, 0.6) is 0 Å². The van der Waals surface area contributed by atoms with Gasteiger partial charge in [0.05, 0.1) is 12.2 Å². The molecule has 10 atom stereocenters. The molecule has 1 heterocycles. The van der Waals surface area contributed by atoms with Gasteiger partial charge in [0, 0.05) is 6.42 Å². The summed E-state index contributed by atoms with van der Waals surface area (Å²) in [6.45, 7) is 7.00. The fraction of sp³-hybridized carbons (Fsp3) is 0.767. The number of fused-ring (bicyclic) bond motifs is 6. The molecule has 2 aromatic rings. The highest BCUT2D eigenvalue weighted by Crippen LogP contribution is 2.68. The second-order valence-corrected chi connectivity index (χ2v) is 13.5. The second-order valence-electron chi connectivity index (χ2n) is 13.5. The molecule has 4 nitrogen and oxygen atoms in total. The highest BCUT2D eigenvalue weighted by Gasteiger charge is 2.62. The Morgan fingerprint density at radius 3 is 2.34 bits per heavy atom. The molecule has 0 bridgehead atoms. The summed E-state index contributed by atoms with van der Waals surface area (Å²) < 4.78 is 60.8. The van der Waals surface area contributed by atoms with Crippen LogP contribution in [0.3, 0.4) is 0 Å². The molecule has 0 radical (unpaired) electrons. The Morgan fingerprint density at radius 1 is 0.895 bits per heavy atom. The zero-order valence-electron chi connectivity index (χ0n) is 22.5. The second kappa shape index (κ2) is 9.18. The Labute approximate surface area is 221 Å². The number of aliphatic hydroxyl groups excluding tert-OH is 2. The first-order valence-electron chi connectivity index (χ1n) is 14.4. The number of halogens is 4. The lowest BCUT2D eigenvalue weighted by Gasteiger charge is -2.62. The molecule has 38 heavy (non-hydrogen) atoms. The number of aliphatic hydroxyl groups is 2. The number of oxazole rings is 1. The summed E-state index contributed by atoms with van der Waals surface area (Å²) in [5, 5.41) is 21.7. The summed E-state index contributed by atoms with van der Waals surface area (Å²) in [4.78, 5) is 3.95. The van der Waals surface area contributed by atoms with Crippen LogP contribution in [0.4, 0.5) is 17.6 Å². The molecule has 8 heteroatoms. The van der Waals surface area contributed by atoms with Crippen molar-refractivity contribution in [1.82, 2.24) is 4.98 Å². The van der Waals surface area contributed by atoms with E-state index in [1.165, 1.54) is 0 Å². The molecule has 0 amide bonds. The zero-order valence-corrected chi connectivity index (χ0v) is 22.5. The molecule has 0 spiro atoms. The summed E-state index contributed by atoms with van der Waals surface area (Å²) in [7, 11) is 0. The molecule has 0 aliphatic heterocycles. The van der Waals surface area contributed by atoms with E-state index in [9.17, 15) is 27.8 Å². The van der Waals surface area contributed by atoms with E-state index in [1.807, 2.05) is 0 Å². The van der Waals surface area contributed by atoms with Crippen molar-refractivity contribution in [1.29, 1.82) is 0 Å². The van der Waals surface area contributed by atoms with Crippen LogP contribution in [-0.4, -0.2) is 27.4 Å². The third kappa shape index (κ3) is 3.79. The SMILES string of the molecule is CC(CCc1nc2c(F)c(F)c(F)c(F)c2o1)[C@H]1CC[C@H]2[C@@H]3[C@@H](O)C[C@@H]4C[C@H](O)CC[C@]4(C)[C@H]3CC[C@]12C. The molecule has 210 valence electrons. The molecule has 4 aliphatic rings. The van der Waals surface area contributed by atoms with Gasteiger partial charge in [-0.25, -0.2) is 18.2 Å². The number of nitrogens with zero attached hydrogens (tertiary/aromatic N) is 1. The van der Waals surface area contributed by atoms with Gasteiger partial charge in [0.15, 0.2) is 28.6 Å². The third-order valence-corrected chi connectivity index (χ3v) is 11.9. The normalized spacial score (nSPS) is 41.6. The summed E-state index contributed by atoms with van der Waals surface area (Å²) in [6, 6.07) is 0. The van der Waals surface area contributed by atoms with E-state index in [0.717, 1.165) is 51.4 Å². The van der Waals surface area contributed by atoms with Crippen molar-refractivity contribution in [2.24, 2.45) is 46.3 Å². The van der Waals surface area contributed by atoms with Gasteiger partial charge in [0.2, 0.25) is 11.6 Å². The summed E-state index contributed by atoms with van der Waals surface area (Å²) in [5.41, 5.74) is -0.998. The number of hydrogen-bond donors (Lipinski definition) is 2. The lowest BCUT2D eigenvalue weighted by Crippen LogP contribution is -2.58. The van der Waals surface area contributed by atoms with E-state index in [0.29, 0.717) is 36.5 Å². The first kappa shape index (κ1) is 26.5. The first-order chi connectivity index (χ1) is 18.0. The molecule has 4 saturated carbocycles. The number of hydrogen-bond acceptors (Lipinski definition) is 4. The van der Waals surface area contributed by atoms with Crippen molar-refractivity contribution in [3.05, 3.63) is 29.2 Å². The average Bonchev–Trinajstić information content (AvgIpc) is 3.47. The molecule has 6 rings (SSSR count). The molecule has 1 unspecified atom stereocenters. The van der Waals surface area contributed by atoms with Gasteiger partial charge < -0.3 is 14.6 Å². The van der Waals surface area contributed by atoms with Gasteiger partial charge in [0.1, 0.15) is 0 Å². The van der Waals surface area contributed by atoms with Crippen LogP contribution in [-0.2, 0) is 6.42 Å². The molecular weight excluding hydrogens is 498 g/mol. The maximum absolute atomic E-state index is 14.1. The summed E-state index contributed by atoms with van der Waals surface area (Å²) in [5.74, 6) is -4.43. The largest absolute Gasteiger partial charge is 0.437 e. The summed E-state index contributed by atoms with van der Waals surface area (Å²) in [6.07, 6.45) is 8.30. The van der Waals surface area contributed by atoms with Crippen LogP contribution < -0.4 is 0 Å². The van der Waals surface area contributed by atoms with Crippen LogP contribution in [0, 0.1) is 69.6 Å². The van der Waals surface area contributed by atoms with Gasteiger partial charge in [-0.05, 0) is 104 Å². The van der Waals surface area contributed by atoms with Gasteiger partial charge >= 0.3 is 0 Å². The minimum atomic E-state index is -1.89. The van der Waals surface area contributed by atoms with E-state index in [2.05, 4.69) is 25.8 Å². The smallest absolute Gasteiger partial charge is 0.206 e. The monoisotopic (exact) mass is 537 g/mol. The van der Waals surface area contributed by atoms with Crippen LogP contribution in [0.1, 0.15) is 84.4 Å². The van der Waals surface area contributed by atoms with Gasteiger partial charge in [0.25, 0.3) is 0 Å². The van der Waals surface area contributed by atoms with Crippen molar-refractivity contribution in [3.8, 4) is 0 Å². The highest BCUT2D eigenvalue weighted by atomic mass is 19.2. The van der Waals surface area contributed by atoms with Gasteiger partial charge in [-0.15, -0.1) is 0 Å². The van der Waals surface area contributed by atoms with Crippen LogP contribution in [0.15, 0.2) is 4.42 Å². The Balaban J connectivity index is 1.18. The van der Waals surface area contributed by atoms with E-state index in [-0.39, 0.29) is 40.8 Å². The first-order valence-corrected chi connectivity index (χ1v) is 14.4. The molecule has 0 saturated heterocycles. The lowest BCUT2D eigenvalue weighted by molar-refractivity contribution is -0.174. The van der Waals surface area contributed by atoms with Crippen molar-refractivity contribution in [2.45, 2.75) is 97.2 Å². The predicted octanol–water partition coefficient (Wildman–Crippen LogP) is 6.94. The lowest BCUT2D eigenvalue weighted by atomic mass is 9.43. The Bertz CT molecular complexity index is 1190. The predicted molar refractivity (Wildman–Crippen MR) is 134 cm³/mol. The van der Waals surface area contributed by atoms with Crippen LogP contribution in [0.25, 0.3) is 11.1 Å². The van der Waals surface area contributed by atoms with Crippen molar-refractivity contribution in [3.63, 3.8) is 0 Å². The maximum Gasteiger partial charge on any atom is 0.206 e. The molecule has 1 aromatic carbocycles. The molecule has 4 fully saturated rings. The number of benzene rings is 1. The van der Waals surface area contributed by atoms with Crippen LogP contribution >= 0.6 is 0 Å². The van der Waals surface area contributed by atoms with Gasteiger partial charge in [-0.3, -0.25) is 0 Å². The quantitative estimate of drug-likeness (QED) is 0.252.